The van der Waals surface area contributed by atoms with Gasteiger partial charge in [-0.3, -0.25) is 0 Å². The highest BCUT2D eigenvalue weighted by Gasteiger charge is 2.22. The van der Waals surface area contributed by atoms with Crippen LogP contribution >= 0.6 is 0 Å². The fourth-order valence-electron chi connectivity index (χ4n) is 1.83. The summed E-state index contributed by atoms with van der Waals surface area (Å²) in [5.41, 5.74) is 3.09. The van der Waals surface area contributed by atoms with Gasteiger partial charge in [0.15, 0.2) is 0 Å². The first-order valence-electron chi connectivity index (χ1n) is 5.25. The van der Waals surface area contributed by atoms with Crippen LogP contribution in [0, 0.1) is 5.41 Å². The number of hydrogen-bond acceptors (Lipinski definition) is 4. The van der Waals surface area contributed by atoms with E-state index in [0.717, 1.165) is 11.1 Å². The zero-order valence-corrected chi connectivity index (χ0v) is 9.49. The molecule has 2 aliphatic rings. The van der Waals surface area contributed by atoms with Gasteiger partial charge >= 0.3 is 0 Å². The van der Waals surface area contributed by atoms with Crippen LogP contribution in [0.3, 0.4) is 0 Å². The molecule has 0 aromatic heterocycles. The average Bonchev–Trinajstić information content (AvgIpc) is 2.68. The van der Waals surface area contributed by atoms with Gasteiger partial charge in [-0.1, -0.05) is 6.08 Å². The third-order valence-electron chi connectivity index (χ3n) is 2.69. The zero-order chi connectivity index (χ0) is 11.5. The molecule has 0 saturated heterocycles. The van der Waals surface area contributed by atoms with Crippen LogP contribution < -0.4 is 10.6 Å². The highest BCUT2D eigenvalue weighted by molar-refractivity contribution is 5.83. The van der Waals surface area contributed by atoms with Crippen molar-refractivity contribution in [2.75, 3.05) is 7.05 Å². The second-order valence-corrected chi connectivity index (χ2v) is 3.78. The molecular formula is C12H16N4. The number of allylic oxidation sites excluding steroid dienone is 4. The van der Waals surface area contributed by atoms with Gasteiger partial charge in [-0.25, -0.2) is 0 Å². The van der Waals surface area contributed by atoms with E-state index in [4.69, 9.17) is 5.41 Å². The fourth-order valence-corrected chi connectivity index (χ4v) is 1.83. The predicted molar refractivity (Wildman–Crippen MR) is 65.7 cm³/mol. The van der Waals surface area contributed by atoms with Crippen molar-refractivity contribution in [3.8, 4) is 0 Å². The van der Waals surface area contributed by atoms with Gasteiger partial charge in [0, 0.05) is 48.7 Å². The van der Waals surface area contributed by atoms with Crippen molar-refractivity contribution in [3.05, 3.63) is 47.6 Å². The summed E-state index contributed by atoms with van der Waals surface area (Å²) in [6.07, 6.45) is 11.6. The highest BCUT2D eigenvalue weighted by atomic mass is 15.3. The maximum atomic E-state index is 7.38. The smallest absolute Gasteiger partial charge is 0.122 e. The molecule has 1 unspecified atom stereocenters. The lowest BCUT2D eigenvalue weighted by molar-refractivity contribution is 0.399. The summed E-state index contributed by atoms with van der Waals surface area (Å²) in [5, 5.41) is 13.6. The molecule has 16 heavy (non-hydrogen) atoms. The maximum Gasteiger partial charge on any atom is 0.122 e. The van der Waals surface area contributed by atoms with Crippen molar-refractivity contribution in [1.82, 2.24) is 15.5 Å². The lowest BCUT2D eigenvalue weighted by Gasteiger charge is -2.26. The molecule has 0 aliphatic carbocycles. The molecular weight excluding hydrogens is 200 g/mol. The molecule has 0 amide bonds. The summed E-state index contributed by atoms with van der Waals surface area (Å²) in [5.74, 6) is 0. The van der Waals surface area contributed by atoms with Gasteiger partial charge in [-0.15, -0.1) is 0 Å². The third kappa shape index (κ3) is 1.74. The summed E-state index contributed by atoms with van der Waals surface area (Å²) in [7, 11) is 1.84. The van der Waals surface area contributed by atoms with Gasteiger partial charge in [0.1, 0.15) is 6.17 Å². The van der Waals surface area contributed by atoms with E-state index in [9.17, 15) is 0 Å². The molecule has 4 heteroatoms. The minimum absolute atomic E-state index is 0.227. The molecule has 84 valence electrons. The Balaban J connectivity index is 2.27. The Labute approximate surface area is 95.5 Å². The highest BCUT2D eigenvalue weighted by Crippen LogP contribution is 2.24. The average molecular weight is 216 g/mol. The molecule has 0 aromatic carbocycles. The van der Waals surface area contributed by atoms with E-state index in [2.05, 4.69) is 34.7 Å². The summed E-state index contributed by atoms with van der Waals surface area (Å²) in [6, 6.07) is 0. The molecule has 0 radical (unpaired) electrons. The Kier molecular flexibility index (Phi) is 2.81. The second kappa shape index (κ2) is 4.26. The minimum atomic E-state index is 0.227. The molecule has 0 bridgehead atoms. The van der Waals surface area contributed by atoms with Gasteiger partial charge in [0.05, 0.1) is 0 Å². The molecule has 4 nitrogen and oxygen atoms in total. The van der Waals surface area contributed by atoms with E-state index in [-0.39, 0.29) is 6.17 Å². The van der Waals surface area contributed by atoms with Crippen molar-refractivity contribution >= 4 is 6.21 Å². The first kappa shape index (κ1) is 10.5. The van der Waals surface area contributed by atoms with E-state index < -0.39 is 0 Å². The third-order valence-corrected chi connectivity index (χ3v) is 2.69. The second-order valence-electron chi connectivity index (χ2n) is 3.78. The van der Waals surface area contributed by atoms with Crippen molar-refractivity contribution in [1.29, 1.82) is 5.41 Å². The van der Waals surface area contributed by atoms with Gasteiger partial charge < -0.3 is 20.9 Å². The van der Waals surface area contributed by atoms with Crippen LogP contribution in [0.5, 0.6) is 0 Å². The van der Waals surface area contributed by atoms with Crippen LogP contribution in [0.15, 0.2) is 47.6 Å². The molecule has 3 N–H and O–H groups in total. The first-order valence-corrected chi connectivity index (χ1v) is 5.25. The lowest BCUT2D eigenvalue weighted by atomic mass is 10.1. The lowest BCUT2D eigenvalue weighted by Crippen LogP contribution is -2.33. The van der Waals surface area contributed by atoms with Crippen molar-refractivity contribution < 1.29 is 0 Å². The number of fused-ring (bicyclic) bond motifs is 1. The van der Waals surface area contributed by atoms with Gasteiger partial charge in [-0.2, -0.15) is 0 Å². The van der Waals surface area contributed by atoms with Crippen LogP contribution in [-0.2, 0) is 0 Å². The summed E-state index contributed by atoms with van der Waals surface area (Å²) >= 11 is 0. The van der Waals surface area contributed by atoms with Crippen LogP contribution in [0.4, 0.5) is 0 Å². The molecule has 0 spiro atoms. The summed E-state index contributed by atoms with van der Waals surface area (Å²) < 4.78 is 0. The molecule has 0 aromatic rings. The molecule has 2 heterocycles. The zero-order valence-electron chi connectivity index (χ0n) is 9.49. The first-order chi connectivity index (χ1) is 7.76. The Morgan fingerprint density at radius 3 is 3.12 bits per heavy atom. The van der Waals surface area contributed by atoms with Gasteiger partial charge in [-0.05, 0) is 13.0 Å². The van der Waals surface area contributed by atoms with E-state index in [1.165, 1.54) is 11.9 Å². The Hall–Kier alpha value is -1.97. The molecule has 2 rings (SSSR count). The van der Waals surface area contributed by atoms with E-state index in [1.54, 1.807) is 0 Å². The topological polar surface area (TPSA) is 51.2 Å². The van der Waals surface area contributed by atoms with Crippen LogP contribution in [0.25, 0.3) is 0 Å². The van der Waals surface area contributed by atoms with Gasteiger partial charge in [0.25, 0.3) is 0 Å². The number of hydrogen-bond donors (Lipinski definition) is 3. The van der Waals surface area contributed by atoms with Crippen molar-refractivity contribution in [2.45, 2.75) is 13.1 Å². The monoisotopic (exact) mass is 216 g/mol. The summed E-state index contributed by atoms with van der Waals surface area (Å²) in [4.78, 5) is 2.16. The quantitative estimate of drug-likeness (QED) is 0.623. The fraction of sp³-hybridized carbons (Fsp3) is 0.250. The van der Waals surface area contributed by atoms with Crippen molar-refractivity contribution in [2.24, 2.45) is 0 Å². The number of nitrogens with one attached hydrogen (secondary N) is 3. The number of nitrogens with zero attached hydrogens (tertiary/aromatic N) is 1. The molecule has 0 fully saturated rings. The Bertz CT molecular complexity index is 415. The van der Waals surface area contributed by atoms with Crippen LogP contribution in [-0.4, -0.2) is 24.3 Å². The van der Waals surface area contributed by atoms with Crippen molar-refractivity contribution in [3.63, 3.8) is 0 Å². The maximum absolute atomic E-state index is 7.38. The number of rotatable bonds is 3. The molecule has 1 atom stereocenters. The largest absolute Gasteiger partial charge is 0.393 e. The van der Waals surface area contributed by atoms with E-state index >= 15 is 0 Å². The van der Waals surface area contributed by atoms with Crippen LogP contribution in [0.1, 0.15) is 6.92 Å². The summed E-state index contributed by atoms with van der Waals surface area (Å²) in [6.45, 7) is 2.06. The molecule has 2 aliphatic heterocycles. The predicted octanol–water partition coefficient (Wildman–Crippen LogP) is 1.29. The molecule has 0 saturated carbocycles. The SMILES string of the molecule is CN/C=C(\C=N)C1=CN2C(C)=CNC2C=C1. The Morgan fingerprint density at radius 2 is 2.44 bits per heavy atom. The van der Waals surface area contributed by atoms with Gasteiger partial charge in [0.2, 0.25) is 0 Å². The van der Waals surface area contributed by atoms with E-state index in [0.29, 0.717) is 0 Å². The minimum Gasteiger partial charge on any atom is -0.393 e. The van der Waals surface area contributed by atoms with Crippen LogP contribution in [0.2, 0.25) is 0 Å². The standard InChI is InChI=1S/C12H16N4/c1-9-6-15-12-4-3-10(8-16(9)12)11(5-13)7-14-2/h3-8,12-15H,1-2H3/b11-7+,13-5?. The normalized spacial score (nSPS) is 23.2. The van der Waals surface area contributed by atoms with E-state index in [1.807, 2.05) is 25.5 Å². The Morgan fingerprint density at radius 1 is 1.62 bits per heavy atom.